The van der Waals surface area contributed by atoms with E-state index >= 15 is 0 Å². The second kappa shape index (κ2) is 10.6. The zero-order valence-electron chi connectivity index (χ0n) is 20.4. The quantitative estimate of drug-likeness (QED) is 0.236. The van der Waals surface area contributed by atoms with Crippen LogP contribution in [0.4, 0.5) is 17.6 Å². The summed E-state index contributed by atoms with van der Waals surface area (Å²) in [4.78, 5) is 0. The van der Waals surface area contributed by atoms with Crippen molar-refractivity contribution in [1.82, 2.24) is 0 Å². The molecule has 36 heavy (non-hydrogen) atoms. The van der Waals surface area contributed by atoms with Crippen molar-refractivity contribution in [2.24, 2.45) is 5.92 Å². The number of aryl methyl sites for hydroxylation is 1. The second-order valence-corrected chi connectivity index (χ2v) is 9.94. The summed E-state index contributed by atoms with van der Waals surface area (Å²) in [5, 5.41) is 0. The highest BCUT2D eigenvalue weighted by Gasteiger charge is 2.32. The van der Waals surface area contributed by atoms with E-state index in [9.17, 15) is 17.6 Å². The topological polar surface area (TPSA) is 12.5 Å². The minimum Gasteiger partial charge on any atom is -0.368 e. The van der Waals surface area contributed by atoms with Crippen LogP contribution in [0, 0.1) is 29.2 Å². The molecule has 1 nitrogen and oxygen atoms in total. The van der Waals surface area contributed by atoms with Crippen LogP contribution in [0.15, 0.2) is 54.6 Å². The molecule has 1 saturated heterocycles. The number of allylic oxidation sites excluding steroid dienone is 1. The molecule has 1 unspecified atom stereocenters. The van der Waals surface area contributed by atoms with Crippen molar-refractivity contribution in [2.45, 2.75) is 57.5 Å². The lowest BCUT2D eigenvalue weighted by molar-refractivity contribution is 0.361. The SMILES string of the molecule is CCCc1ccc(-c2ccc(/C=C/C3CCC(c4ccc(C5CO5)c(F)c4F)CC3)c(F)c2F)cc1. The van der Waals surface area contributed by atoms with E-state index in [-0.39, 0.29) is 29.1 Å². The molecule has 0 amide bonds. The normalized spacial score (nSPS) is 21.8. The van der Waals surface area contributed by atoms with Crippen molar-refractivity contribution in [3.8, 4) is 11.1 Å². The maximum Gasteiger partial charge on any atom is 0.167 e. The van der Waals surface area contributed by atoms with Crippen LogP contribution >= 0.6 is 0 Å². The van der Waals surface area contributed by atoms with Gasteiger partial charge in [-0.15, -0.1) is 0 Å². The molecule has 2 aliphatic rings. The van der Waals surface area contributed by atoms with E-state index in [2.05, 4.69) is 6.92 Å². The Morgan fingerprint density at radius 2 is 1.44 bits per heavy atom. The first kappa shape index (κ1) is 24.8. The molecule has 1 aliphatic heterocycles. The smallest absolute Gasteiger partial charge is 0.167 e. The van der Waals surface area contributed by atoms with Crippen molar-refractivity contribution in [1.29, 1.82) is 0 Å². The van der Waals surface area contributed by atoms with Gasteiger partial charge in [-0.25, -0.2) is 17.6 Å². The van der Waals surface area contributed by atoms with Gasteiger partial charge in [-0.1, -0.05) is 74.0 Å². The third kappa shape index (κ3) is 5.12. The second-order valence-electron chi connectivity index (χ2n) is 9.94. The lowest BCUT2D eigenvalue weighted by atomic mass is 9.78. The average molecular weight is 495 g/mol. The van der Waals surface area contributed by atoms with E-state index in [0.29, 0.717) is 36.1 Å². The van der Waals surface area contributed by atoms with E-state index in [1.165, 1.54) is 5.56 Å². The van der Waals surface area contributed by atoms with Gasteiger partial charge in [0.1, 0.15) is 6.10 Å². The van der Waals surface area contributed by atoms with E-state index in [4.69, 9.17) is 4.74 Å². The molecular formula is C31H30F4O. The number of halogens is 4. The van der Waals surface area contributed by atoms with Crippen LogP contribution in [-0.2, 0) is 11.2 Å². The highest BCUT2D eigenvalue weighted by Crippen LogP contribution is 2.40. The molecule has 0 spiro atoms. The molecule has 1 atom stereocenters. The van der Waals surface area contributed by atoms with Gasteiger partial charge in [0.25, 0.3) is 0 Å². The predicted octanol–water partition coefficient (Wildman–Crippen LogP) is 8.92. The third-order valence-electron chi connectivity index (χ3n) is 7.50. The molecule has 0 N–H and O–H groups in total. The maximum atomic E-state index is 14.9. The Morgan fingerprint density at radius 1 is 0.778 bits per heavy atom. The van der Waals surface area contributed by atoms with Crippen LogP contribution in [0.3, 0.4) is 0 Å². The molecule has 1 heterocycles. The molecule has 5 heteroatoms. The fourth-order valence-electron chi connectivity index (χ4n) is 5.29. The third-order valence-corrected chi connectivity index (χ3v) is 7.50. The van der Waals surface area contributed by atoms with E-state index < -0.39 is 23.3 Å². The maximum absolute atomic E-state index is 14.9. The molecule has 5 rings (SSSR count). The summed E-state index contributed by atoms with van der Waals surface area (Å²) in [6.07, 6.45) is 8.22. The highest BCUT2D eigenvalue weighted by molar-refractivity contribution is 5.67. The predicted molar refractivity (Wildman–Crippen MR) is 135 cm³/mol. The summed E-state index contributed by atoms with van der Waals surface area (Å²) in [6, 6.07) is 14.1. The van der Waals surface area contributed by atoms with Gasteiger partial charge in [0.05, 0.1) is 6.61 Å². The summed E-state index contributed by atoms with van der Waals surface area (Å²) in [5.74, 6) is -3.12. The molecule has 0 aromatic heterocycles. The Hall–Kier alpha value is -2.92. The lowest BCUT2D eigenvalue weighted by Crippen LogP contribution is -2.14. The van der Waals surface area contributed by atoms with Gasteiger partial charge in [0.2, 0.25) is 0 Å². The summed E-state index contributed by atoms with van der Waals surface area (Å²) < 4.78 is 63.9. The summed E-state index contributed by atoms with van der Waals surface area (Å²) >= 11 is 0. The van der Waals surface area contributed by atoms with Crippen LogP contribution in [0.2, 0.25) is 0 Å². The van der Waals surface area contributed by atoms with E-state index in [1.807, 2.05) is 30.3 Å². The Bertz CT molecular complexity index is 1250. The number of benzene rings is 3. The average Bonchev–Trinajstić information content (AvgIpc) is 3.73. The molecule has 0 radical (unpaired) electrons. The van der Waals surface area contributed by atoms with Crippen molar-refractivity contribution >= 4 is 6.08 Å². The number of ether oxygens (including phenoxy) is 1. The van der Waals surface area contributed by atoms with Crippen LogP contribution in [0.1, 0.15) is 73.3 Å². The molecule has 2 fully saturated rings. The molecule has 0 bridgehead atoms. The molecular weight excluding hydrogens is 464 g/mol. The standard InChI is InChI=1S/C31H30F4O/c1-2-3-19-4-9-21(10-5-19)24-15-14-23(28(32)29(24)33)13-8-20-6-11-22(12-7-20)25-16-17-26(27-18-36-27)31(35)30(25)34/h4-5,8-10,13-17,20,22,27H,2-3,6-7,11-12,18H2,1H3/b13-8+. The largest absolute Gasteiger partial charge is 0.368 e. The number of hydrogen-bond acceptors (Lipinski definition) is 1. The Labute approximate surface area is 209 Å². The molecule has 188 valence electrons. The van der Waals surface area contributed by atoms with Crippen LogP contribution in [-0.4, -0.2) is 6.61 Å². The Balaban J connectivity index is 1.23. The van der Waals surface area contributed by atoms with Crippen LogP contribution < -0.4 is 0 Å². The first-order valence-electron chi connectivity index (χ1n) is 12.8. The summed E-state index contributed by atoms with van der Waals surface area (Å²) in [6.45, 7) is 2.54. The summed E-state index contributed by atoms with van der Waals surface area (Å²) in [5.41, 5.74) is 3.01. The highest BCUT2D eigenvalue weighted by atomic mass is 19.2. The van der Waals surface area contributed by atoms with Crippen molar-refractivity contribution < 1.29 is 22.3 Å². The number of rotatable bonds is 7. The Kier molecular flexibility index (Phi) is 7.29. The lowest BCUT2D eigenvalue weighted by Gasteiger charge is -2.27. The number of hydrogen-bond donors (Lipinski definition) is 0. The molecule has 3 aromatic carbocycles. The van der Waals surface area contributed by atoms with Crippen LogP contribution in [0.5, 0.6) is 0 Å². The fraction of sp³-hybridized carbons (Fsp3) is 0.355. The van der Waals surface area contributed by atoms with Crippen molar-refractivity contribution in [2.75, 3.05) is 6.61 Å². The van der Waals surface area contributed by atoms with Crippen molar-refractivity contribution in [3.63, 3.8) is 0 Å². The van der Waals surface area contributed by atoms with E-state index in [0.717, 1.165) is 25.7 Å². The van der Waals surface area contributed by atoms with E-state index in [1.54, 1.807) is 30.3 Å². The van der Waals surface area contributed by atoms with Gasteiger partial charge in [0.15, 0.2) is 23.3 Å². The van der Waals surface area contributed by atoms with Gasteiger partial charge in [-0.3, -0.25) is 0 Å². The zero-order chi connectivity index (χ0) is 25.2. The molecule has 1 aliphatic carbocycles. The molecule has 1 saturated carbocycles. The minimum atomic E-state index is -0.854. The van der Waals surface area contributed by atoms with Crippen molar-refractivity contribution in [3.05, 3.63) is 100 Å². The first-order valence-corrected chi connectivity index (χ1v) is 12.8. The van der Waals surface area contributed by atoms with Gasteiger partial charge in [-0.2, -0.15) is 0 Å². The monoisotopic (exact) mass is 494 g/mol. The van der Waals surface area contributed by atoms with Gasteiger partial charge in [-0.05, 0) is 60.6 Å². The number of epoxide rings is 1. The summed E-state index contributed by atoms with van der Waals surface area (Å²) in [7, 11) is 0. The van der Waals surface area contributed by atoms with Gasteiger partial charge >= 0.3 is 0 Å². The molecule has 3 aromatic rings. The minimum absolute atomic E-state index is 0.0458. The zero-order valence-corrected chi connectivity index (χ0v) is 20.4. The van der Waals surface area contributed by atoms with Gasteiger partial charge < -0.3 is 4.74 Å². The fourth-order valence-corrected chi connectivity index (χ4v) is 5.29. The van der Waals surface area contributed by atoms with Gasteiger partial charge in [0, 0.05) is 16.7 Å². The Morgan fingerprint density at radius 3 is 2.11 bits per heavy atom. The van der Waals surface area contributed by atoms with Crippen LogP contribution in [0.25, 0.3) is 17.2 Å². The first-order chi connectivity index (χ1) is 17.5.